The first kappa shape index (κ1) is 28.4. The molecule has 0 aliphatic heterocycles. The molecule has 3 aromatic carbocycles. The van der Waals surface area contributed by atoms with Gasteiger partial charge in [-0.2, -0.15) is 0 Å². The number of aryl methyl sites for hydroxylation is 1. The number of nitrogens with one attached hydrogen (secondary N) is 2. The van der Waals surface area contributed by atoms with Crippen molar-refractivity contribution in [3.63, 3.8) is 0 Å². The predicted molar refractivity (Wildman–Crippen MR) is 154 cm³/mol. The summed E-state index contributed by atoms with van der Waals surface area (Å²) in [6, 6.07) is 20.6. The maximum Gasteiger partial charge on any atom is 0.409 e. The largest absolute Gasteiger partial charge is 0.465 e. The Morgan fingerprint density at radius 3 is 2.22 bits per heavy atom. The molecule has 3 aromatic rings. The van der Waals surface area contributed by atoms with E-state index in [4.69, 9.17) is 16.0 Å². The van der Waals surface area contributed by atoms with E-state index in [1.165, 1.54) is 0 Å². The first-order valence-electron chi connectivity index (χ1n) is 12.3. The summed E-state index contributed by atoms with van der Waals surface area (Å²) in [7, 11) is -1.87. The maximum atomic E-state index is 12.6. The van der Waals surface area contributed by atoms with Gasteiger partial charge in [0.15, 0.2) is 8.32 Å². The second-order valence-corrected chi connectivity index (χ2v) is 15.8. The zero-order chi connectivity index (χ0) is 27.2. The summed E-state index contributed by atoms with van der Waals surface area (Å²) in [5.41, 5.74) is 4.53. The Balaban J connectivity index is 1.62. The number of anilines is 2. The fourth-order valence-corrected chi connectivity index (χ4v) is 4.75. The van der Waals surface area contributed by atoms with Crippen LogP contribution >= 0.6 is 11.6 Å². The molecule has 6 nitrogen and oxygen atoms in total. The van der Waals surface area contributed by atoms with Crippen LogP contribution in [0.2, 0.25) is 23.2 Å². The van der Waals surface area contributed by atoms with Gasteiger partial charge in [0.25, 0.3) is 0 Å². The summed E-state index contributed by atoms with van der Waals surface area (Å²) in [6.07, 6.45) is -0.463. The summed E-state index contributed by atoms with van der Waals surface area (Å²) in [6.45, 7) is 11.5. The Labute approximate surface area is 225 Å². The molecule has 0 saturated heterocycles. The minimum Gasteiger partial charge on any atom is -0.465 e. The average molecular weight is 539 g/mol. The van der Waals surface area contributed by atoms with Crippen LogP contribution in [0.25, 0.3) is 11.1 Å². The van der Waals surface area contributed by atoms with E-state index in [2.05, 4.69) is 44.5 Å². The van der Waals surface area contributed by atoms with Crippen LogP contribution in [0.1, 0.15) is 38.3 Å². The SMILES string of the molecule is CC(C)(C)[Si](C)(C)OCc1ccc(NC(=O)CCc2ccc(-c3ccccc3)c(NC(=O)O)c2)c(Cl)c1. The summed E-state index contributed by atoms with van der Waals surface area (Å²) >= 11 is 6.45. The topological polar surface area (TPSA) is 87.7 Å². The molecule has 0 bridgehead atoms. The fraction of sp³-hybridized carbons (Fsp3) is 0.310. The van der Waals surface area contributed by atoms with Crippen molar-refractivity contribution in [2.75, 3.05) is 10.6 Å². The molecule has 0 radical (unpaired) electrons. The Kier molecular flexibility index (Phi) is 9.18. The molecule has 2 amide bonds. The highest BCUT2D eigenvalue weighted by atomic mass is 35.5. The summed E-state index contributed by atoms with van der Waals surface area (Å²) < 4.78 is 6.26. The van der Waals surface area contributed by atoms with Crippen molar-refractivity contribution in [2.24, 2.45) is 0 Å². The molecular weight excluding hydrogens is 504 g/mol. The van der Waals surface area contributed by atoms with Gasteiger partial charge in [0.05, 0.1) is 23.0 Å². The molecule has 0 heterocycles. The predicted octanol–water partition coefficient (Wildman–Crippen LogP) is 8.19. The molecule has 0 saturated carbocycles. The fourth-order valence-electron chi connectivity index (χ4n) is 3.54. The summed E-state index contributed by atoms with van der Waals surface area (Å²) in [5.74, 6) is -0.174. The normalized spacial score (nSPS) is 11.7. The molecule has 0 fully saturated rings. The van der Waals surface area contributed by atoms with Crippen molar-refractivity contribution in [1.82, 2.24) is 0 Å². The molecule has 0 spiro atoms. The van der Waals surface area contributed by atoms with Crippen molar-refractivity contribution in [2.45, 2.75) is 58.4 Å². The number of carboxylic acid groups (broad SMARTS) is 1. The van der Waals surface area contributed by atoms with Crippen LogP contribution in [0.5, 0.6) is 0 Å². The first-order valence-corrected chi connectivity index (χ1v) is 15.5. The van der Waals surface area contributed by atoms with Crippen LogP contribution < -0.4 is 10.6 Å². The van der Waals surface area contributed by atoms with Gasteiger partial charge >= 0.3 is 6.09 Å². The summed E-state index contributed by atoms with van der Waals surface area (Å²) in [5, 5.41) is 15.2. The number of hydrogen-bond donors (Lipinski definition) is 3. The van der Waals surface area contributed by atoms with Crippen molar-refractivity contribution in [1.29, 1.82) is 0 Å². The second-order valence-electron chi connectivity index (χ2n) is 10.6. The van der Waals surface area contributed by atoms with Crippen molar-refractivity contribution < 1.29 is 19.1 Å². The van der Waals surface area contributed by atoms with Crippen LogP contribution in [-0.4, -0.2) is 25.4 Å². The molecule has 37 heavy (non-hydrogen) atoms. The smallest absolute Gasteiger partial charge is 0.409 e. The lowest BCUT2D eigenvalue weighted by atomic mass is 9.99. The number of carbonyl (C=O) groups is 2. The van der Waals surface area contributed by atoms with Crippen LogP contribution in [-0.2, 0) is 22.2 Å². The zero-order valence-electron chi connectivity index (χ0n) is 22.0. The van der Waals surface area contributed by atoms with Gasteiger partial charge in [-0.05, 0) is 59.4 Å². The quantitative estimate of drug-likeness (QED) is 0.240. The molecule has 0 atom stereocenters. The number of carbonyl (C=O) groups excluding carboxylic acids is 1. The highest BCUT2D eigenvalue weighted by Gasteiger charge is 2.37. The van der Waals surface area contributed by atoms with Gasteiger partial charge in [-0.25, -0.2) is 4.79 Å². The Morgan fingerprint density at radius 1 is 0.919 bits per heavy atom. The minimum absolute atomic E-state index is 0.122. The molecule has 0 aliphatic carbocycles. The molecular formula is C29H35ClN2O4Si. The van der Waals surface area contributed by atoms with Crippen LogP contribution in [0.15, 0.2) is 66.7 Å². The van der Waals surface area contributed by atoms with Gasteiger partial charge in [0, 0.05) is 12.0 Å². The molecule has 196 valence electrons. The summed E-state index contributed by atoms with van der Waals surface area (Å²) in [4.78, 5) is 24.0. The van der Waals surface area contributed by atoms with E-state index in [9.17, 15) is 14.7 Å². The lowest BCUT2D eigenvalue weighted by Gasteiger charge is -2.36. The molecule has 8 heteroatoms. The third-order valence-electron chi connectivity index (χ3n) is 6.76. The van der Waals surface area contributed by atoms with E-state index in [0.717, 1.165) is 22.3 Å². The van der Waals surface area contributed by atoms with Gasteiger partial charge in [0.1, 0.15) is 0 Å². The second kappa shape index (κ2) is 11.9. The highest BCUT2D eigenvalue weighted by molar-refractivity contribution is 6.74. The molecule has 0 unspecified atom stereocenters. The van der Waals surface area contributed by atoms with Gasteiger partial charge < -0.3 is 14.8 Å². The lowest BCUT2D eigenvalue weighted by Crippen LogP contribution is -2.40. The molecule has 3 N–H and O–H groups in total. The lowest BCUT2D eigenvalue weighted by molar-refractivity contribution is -0.116. The van der Waals surface area contributed by atoms with Gasteiger partial charge in [0.2, 0.25) is 5.91 Å². The van der Waals surface area contributed by atoms with Gasteiger partial charge in [-0.15, -0.1) is 0 Å². The molecule has 0 aromatic heterocycles. The number of amides is 2. The van der Waals surface area contributed by atoms with E-state index in [1.807, 2.05) is 54.6 Å². The van der Waals surface area contributed by atoms with Gasteiger partial charge in [-0.3, -0.25) is 10.1 Å². The third-order valence-corrected chi connectivity index (χ3v) is 11.6. The Morgan fingerprint density at radius 2 is 1.59 bits per heavy atom. The number of hydrogen-bond acceptors (Lipinski definition) is 3. The van der Waals surface area contributed by atoms with E-state index < -0.39 is 14.4 Å². The third kappa shape index (κ3) is 7.92. The van der Waals surface area contributed by atoms with E-state index in [-0.39, 0.29) is 17.4 Å². The number of halogens is 1. The molecule has 3 rings (SSSR count). The molecule has 0 aliphatic rings. The van der Waals surface area contributed by atoms with Crippen LogP contribution in [0.3, 0.4) is 0 Å². The van der Waals surface area contributed by atoms with Gasteiger partial charge in [-0.1, -0.05) is 80.9 Å². The number of benzene rings is 3. The average Bonchev–Trinajstić information content (AvgIpc) is 2.82. The first-order chi connectivity index (χ1) is 17.4. The monoisotopic (exact) mass is 538 g/mol. The van der Waals surface area contributed by atoms with Crippen molar-refractivity contribution in [3.05, 3.63) is 82.9 Å². The van der Waals surface area contributed by atoms with E-state index in [0.29, 0.717) is 29.4 Å². The van der Waals surface area contributed by atoms with E-state index in [1.54, 1.807) is 12.1 Å². The number of rotatable bonds is 9. The van der Waals surface area contributed by atoms with Crippen LogP contribution in [0.4, 0.5) is 16.2 Å². The van der Waals surface area contributed by atoms with E-state index >= 15 is 0 Å². The van der Waals surface area contributed by atoms with Crippen molar-refractivity contribution in [3.8, 4) is 11.1 Å². The highest BCUT2D eigenvalue weighted by Crippen LogP contribution is 2.37. The minimum atomic E-state index is -1.87. The Hall–Kier alpha value is -3.13. The van der Waals surface area contributed by atoms with Crippen LogP contribution in [0, 0.1) is 0 Å². The maximum absolute atomic E-state index is 12.6. The zero-order valence-corrected chi connectivity index (χ0v) is 23.8. The Bertz CT molecular complexity index is 1260. The van der Waals surface area contributed by atoms with Crippen molar-refractivity contribution >= 4 is 43.3 Å². The standard InChI is InChI=1S/C29H35ClN2O4Si/c1-29(2,3)37(4,5)36-19-21-12-15-25(24(30)17-21)31-27(33)16-13-20-11-14-23(22-9-7-6-8-10-22)26(18-20)32-28(34)35/h6-12,14-15,17-18,32H,13,16,19H2,1-5H3,(H,31,33)(H,34,35).